The molecule has 0 unspecified atom stereocenters. The summed E-state index contributed by atoms with van der Waals surface area (Å²) in [6.45, 7) is 5.07. The van der Waals surface area contributed by atoms with E-state index in [4.69, 9.17) is 0 Å². The van der Waals surface area contributed by atoms with Crippen LogP contribution < -0.4 is 5.32 Å². The van der Waals surface area contributed by atoms with Crippen LogP contribution >= 0.6 is 11.3 Å². The molecule has 1 aliphatic heterocycles. The van der Waals surface area contributed by atoms with Crippen LogP contribution in [0.25, 0.3) is 10.4 Å². The first-order chi connectivity index (χ1) is 22.6. The summed E-state index contributed by atoms with van der Waals surface area (Å²) in [4.78, 5) is 40.3. The molecule has 49 heavy (non-hydrogen) atoms. The maximum absolute atomic E-state index is 14.1. The second-order valence-corrected chi connectivity index (χ2v) is 13.7. The van der Waals surface area contributed by atoms with E-state index in [1.165, 1.54) is 43.9 Å². The summed E-state index contributed by atoms with van der Waals surface area (Å²) in [7, 11) is 0. The minimum absolute atomic E-state index is 0.0117. The van der Waals surface area contributed by atoms with Crippen molar-refractivity contribution in [2.24, 2.45) is 5.41 Å². The Morgan fingerprint density at radius 3 is 2.00 bits per heavy atom. The minimum atomic E-state index is -5.12. The lowest BCUT2D eigenvalue weighted by molar-refractivity contribution is -0.154. The third kappa shape index (κ3) is 7.74. The van der Waals surface area contributed by atoms with Gasteiger partial charge in [-0.2, -0.15) is 31.6 Å². The molecule has 1 saturated heterocycles. The van der Waals surface area contributed by atoms with Gasteiger partial charge in [0.25, 0.3) is 0 Å². The van der Waals surface area contributed by atoms with Gasteiger partial charge in [0.15, 0.2) is 5.78 Å². The summed E-state index contributed by atoms with van der Waals surface area (Å²) in [6.07, 6.45) is -10.2. The topological polar surface area (TPSA) is 111 Å². The second kappa shape index (κ2) is 13.5. The van der Waals surface area contributed by atoms with Crippen molar-refractivity contribution in [3.05, 3.63) is 74.9 Å². The zero-order valence-corrected chi connectivity index (χ0v) is 27.6. The van der Waals surface area contributed by atoms with Crippen molar-refractivity contribution in [3.63, 3.8) is 0 Å². The highest BCUT2D eigenvalue weighted by Gasteiger charge is 2.44. The molecule has 0 radical (unpaired) electrons. The number of aliphatic carboxylic acids is 1. The van der Waals surface area contributed by atoms with E-state index in [9.17, 15) is 55.5 Å². The number of anilines is 1. The van der Waals surface area contributed by atoms with E-state index in [0.717, 1.165) is 11.3 Å². The maximum Gasteiger partial charge on any atom is 0.416 e. The number of amides is 1. The van der Waals surface area contributed by atoms with Crippen LogP contribution in [0.15, 0.2) is 36.4 Å². The van der Waals surface area contributed by atoms with Gasteiger partial charge in [0.1, 0.15) is 11.9 Å². The Morgan fingerprint density at radius 2 is 1.53 bits per heavy atom. The predicted octanol–water partition coefficient (Wildman–Crippen LogP) is 7.99. The number of thiophene rings is 1. The number of alkyl halides is 6. The molecule has 1 fully saturated rings. The summed E-state index contributed by atoms with van der Waals surface area (Å²) >= 11 is 1.05. The second-order valence-electron chi connectivity index (χ2n) is 12.6. The number of aryl methyl sites for hydroxylation is 1. The first-order valence-electron chi connectivity index (χ1n) is 15.0. The van der Waals surface area contributed by atoms with Gasteiger partial charge in [-0.15, -0.1) is 11.3 Å². The first-order valence-corrected chi connectivity index (χ1v) is 15.8. The molecule has 3 aromatic rings. The Balaban J connectivity index is 1.76. The Morgan fingerprint density at radius 1 is 0.980 bits per heavy atom. The lowest BCUT2D eigenvalue weighted by Crippen LogP contribution is -2.47. The average Bonchev–Trinajstić information content (AvgIpc) is 3.34. The van der Waals surface area contributed by atoms with Gasteiger partial charge < -0.3 is 15.3 Å². The summed E-state index contributed by atoms with van der Waals surface area (Å²) in [5.74, 6) is -2.69. The quantitative estimate of drug-likeness (QED) is 0.218. The molecule has 7 nitrogen and oxygen atoms in total. The number of nitrogens with zero attached hydrogens (tertiary/aromatic N) is 2. The van der Waals surface area contributed by atoms with Crippen molar-refractivity contribution in [3.8, 4) is 16.5 Å². The average molecular weight is 712 g/mol. The van der Waals surface area contributed by atoms with E-state index < -0.39 is 64.0 Å². The lowest BCUT2D eigenvalue weighted by atomic mass is 9.75. The molecule has 1 amide bonds. The number of benzene rings is 2. The molecule has 2 N–H and O–H groups in total. The molecular formula is C34H32F7N3O4S. The number of carboxylic acid groups (broad SMARTS) is 1. The van der Waals surface area contributed by atoms with Crippen molar-refractivity contribution < 1.29 is 50.2 Å². The number of likely N-dealkylation sites (tertiary alicyclic amines) is 1. The SMILES string of the molecule is CC(=O)N1CCC(Cc2sc(-c3ccc(F)cc3C)c(NCC(=O)C(C)(C)c3cc(C(F)(F)F)cc(C(F)(F)F)c3)c2C#N)(C(=O)O)CC1. The Hall–Kier alpha value is -4.45. The minimum Gasteiger partial charge on any atom is -0.481 e. The lowest BCUT2D eigenvalue weighted by Gasteiger charge is -2.38. The van der Waals surface area contributed by atoms with Gasteiger partial charge in [0.05, 0.1) is 44.6 Å². The van der Waals surface area contributed by atoms with Crippen molar-refractivity contribution in [1.82, 2.24) is 4.90 Å². The molecule has 0 spiro atoms. The fraction of sp³-hybridized carbons (Fsp3) is 0.412. The fourth-order valence-electron chi connectivity index (χ4n) is 5.85. The number of nitrogens with one attached hydrogen (secondary N) is 1. The largest absolute Gasteiger partial charge is 0.481 e. The van der Waals surface area contributed by atoms with Crippen LogP contribution in [-0.4, -0.2) is 47.3 Å². The van der Waals surface area contributed by atoms with Gasteiger partial charge in [-0.05, 0) is 87.1 Å². The Kier molecular flexibility index (Phi) is 10.3. The molecule has 262 valence electrons. The van der Waals surface area contributed by atoms with Crippen LogP contribution in [-0.2, 0) is 38.6 Å². The molecular weight excluding hydrogens is 679 g/mol. The zero-order valence-electron chi connectivity index (χ0n) is 26.8. The standard InChI is InChI=1S/C34H32F7N3O4S/c1-18-11-23(35)5-6-24(18)29-28(25(16-42)26(49-29)15-32(30(47)48)7-9-44(10-8-32)19(2)45)43-17-27(46)31(3,4)20-12-21(33(36,37)38)14-22(13-20)34(39,40)41/h5-6,11-14,43H,7-10,15,17H2,1-4H3,(H,47,48). The van der Waals surface area contributed by atoms with E-state index in [2.05, 4.69) is 11.4 Å². The molecule has 15 heteroatoms. The number of carboxylic acids is 1. The molecule has 0 aliphatic carbocycles. The third-order valence-corrected chi connectivity index (χ3v) is 10.3. The van der Waals surface area contributed by atoms with Crippen LogP contribution in [0.1, 0.15) is 66.3 Å². The first kappa shape index (κ1) is 37.4. The van der Waals surface area contributed by atoms with Crippen molar-refractivity contribution in [2.75, 3.05) is 25.0 Å². The predicted molar refractivity (Wildman–Crippen MR) is 167 cm³/mol. The van der Waals surface area contributed by atoms with Gasteiger partial charge in [0, 0.05) is 24.9 Å². The number of piperidine rings is 1. The number of hydrogen-bond donors (Lipinski definition) is 2. The Bertz CT molecular complexity index is 1800. The molecule has 1 aliphatic rings. The number of halogens is 7. The molecule has 0 saturated carbocycles. The summed E-state index contributed by atoms with van der Waals surface area (Å²) < 4.78 is 95.5. The van der Waals surface area contributed by atoms with Gasteiger partial charge in [-0.3, -0.25) is 14.4 Å². The Labute approximate surface area is 281 Å². The van der Waals surface area contributed by atoms with E-state index in [1.807, 2.05) is 0 Å². The highest BCUT2D eigenvalue weighted by Crippen LogP contribution is 2.47. The van der Waals surface area contributed by atoms with Crippen molar-refractivity contribution in [1.29, 1.82) is 5.26 Å². The van der Waals surface area contributed by atoms with Crippen LogP contribution in [0.3, 0.4) is 0 Å². The molecule has 2 aromatic carbocycles. The number of ketones is 1. The van der Waals surface area contributed by atoms with Crippen molar-refractivity contribution in [2.45, 2.75) is 64.7 Å². The normalized spacial score (nSPS) is 15.1. The summed E-state index contributed by atoms with van der Waals surface area (Å²) in [5.41, 5.74) is -5.92. The third-order valence-electron chi connectivity index (χ3n) is 9.08. The monoisotopic (exact) mass is 711 g/mol. The van der Waals surface area contributed by atoms with E-state index in [1.54, 1.807) is 6.92 Å². The summed E-state index contributed by atoms with van der Waals surface area (Å²) in [6, 6.07) is 6.87. The zero-order chi connectivity index (χ0) is 36.7. The number of nitriles is 1. The van der Waals surface area contributed by atoms with Gasteiger partial charge in [-0.25, -0.2) is 4.39 Å². The van der Waals surface area contributed by atoms with E-state index >= 15 is 0 Å². The molecule has 0 bridgehead atoms. The molecule has 0 atom stereocenters. The number of carbonyl (C=O) groups is 3. The smallest absolute Gasteiger partial charge is 0.416 e. The highest BCUT2D eigenvalue weighted by atomic mass is 32.1. The highest BCUT2D eigenvalue weighted by molar-refractivity contribution is 7.16. The van der Waals surface area contributed by atoms with E-state index in [0.29, 0.717) is 33.0 Å². The van der Waals surface area contributed by atoms with E-state index in [-0.39, 0.29) is 55.6 Å². The van der Waals surface area contributed by atoms with Gasteiger partial charge in [-0.1, -0.05) is 6.07 Å². The number of rotatable bonds is 9. The molecule has 4 rings (SSSR count). The molecule has 1 aromatic heterocycles. The maximum atomic E-state index is 14.1. The van der Waals surface area contributed by atoms with Gasteiger partial charge >= 0.3 is 18.3 Å². The number of carbonyl (C=O) groups excluding carboxylic acids is 2. The van der Waals surface area contributed by atoms with Crippen molar-refractivity contribution >= 4 is 34.7 Å². The number of Topliss-reactive ketones (excluding diaryl/α,β-unsaturated/α-hetero) is 1. The fourth-order valence-corrected chi connectivity index (χ4v) is 7.31. The van der Waals surface area contributed by atoms with Gasteiger partial charge in [0.2, 0.25) is 5.91 Å². The summed E-state index contributed by atoms with van der Waals surface area (Å²) in [5, 5.41) is 23.5. The van der Waals surface area contributed by atoms with Crippen LogP contribution in [0.2, 0.25) is 0 Å². The van der Waals surface area contributed by atoms with Crippen LogP contribution in [0, 0.1) is 29.5 Å². The van der Waals surface area contributed by atoms with Crippen LogP contribution in [0.5, 0.6) is 0 Å². The number of hydrogen-bond acceptors (Lipinski definition) is 6. The molecule has 2 heterocycles. The van der Waals surface area contributed by atoms with Crippen LogP contribution in [0.4, 0.5) is 36.4 Å².